The normalized spacial score (nSPS) is 24.9. The fraction of sp³-hybridized carbons (Fsp3) is 0.438. The molecule has 7 N–H and O–H groups in total. The Kier molecular flexibility index (Phi) is 6.18. The van der Waals surface area contributed by atoms with Crippen LogP contribution in [0.5, 0.6) is 0 Å². The molecule has 12 nitrogen and oxygen atoms in total. The van der Waals surface area contributed by atoms with Crippen molar-refractivity contribution in [3.63, 3.8) is 0 Å². The van der Waals surface area contributed by atoms with Gasteiger partial charge in [0.15, 0.2) is 23.8 Å². The highest BCUT2D eigenvalue weighted by molar-refractivity contribution is 7.99. The first-order valence-electron chi connectivity index (χ1n) is 8.41. The fourth-order valence-corrected chi connectivity index (χ4v) is 3.56. The molecule has 0 saturated carbocycles. The molecule has 1 saturated heterocycles. The van der Waals surface area contributed by atoms with Crippen LogP contribution in [-0.4, -0.2) is 77.4 Å². The zero-order valence-electron chi connectivity index (χ0n) is 15.0. The van der Waals surface area contributed by atoms with E-state index >= 15 is 0 Å². The van der Waals surface area contributed by atoms with Gasteiger partial charge in [0.2, 0.25) is 5.91 Å². The third-order valence-electron chi connectivity index (χ3n) is 4.31. The number of anilines is 1. The molecule has 0 bridgehead atoms. The molecule has 1 fully saturated rings. The highest BCUT2D eigenvalue weighted by Gasteiger charge is 2.49. The number of aliphatic carboxylic acids is 1. The summed E-state index contributed by atoms with van der Waals surface area (Å²) >= 11 is 1.29. The minimum absolute atomic E-state index is 0.122. The van der Waals surface area contributed by atoms with Gasteiger partial charge in [0.1, 0.15) is 17.9 Å². The number of hydrogen-bond acceptors (Lipinski definition) is 10. The van der Waals surface area contributed by atoms with E-state index in [-0.39, 0.29) is 22.7 Å². The van der Waals surface area contributed by atoms with Gasteiger partial charge in [-0.2, -0.15) is 0 Å². The summed E-state index contributed by atoms with van der Waals surface area (Å²) in [7, 11) is 0. The molecule has 13 heteroatoms. The number of ether oxygens (including phenoxy) is 1. The number of thioether (sulfide) groups is 1. The Morgan fingerprint density at radius 2 is 2.21 bits per heavy atom. The maximum Gasteiger partial charge on any atom is 0.335 e. The number of carboxylic acids is 1. The number of hydrogen-bond donors (Lipinski definition) is 5. The lowest BCUT2D eigenvalue weighted by atomic mass is 10.1. The minimum atomic E-state index is -1.51. The van der Waals surface area contributed by atoms with E-state index in [0.29, 0.717) is 5.75 Å². The highest BCUT2D eigenvalue weighted by Crippen LogP contribution is 2.32. The van der Waals surface area contributed by atoms with Gasteiger partial charge >= 0.3 is 5.97 Å². The van der Waals surface area contributed by atoms with E-state index in [1.165, 1.54) is 29.0 Å². The molecule has 3 heterocycles. The monoisotopic (exact) mass is 421 g/mol. The number of carbonyl (C=O) groups is 2. The number of fused-ring (bicyclic) bond motifs is 1. The molecule has 1 unspecified atom stereocenters. The second-order valence-electron chi connectivity index (χ2n) is 6.22. The fourth-order valence-electron chi connectivity index (χ4n) is 2.92. The second-order valence-corrected chi connectivity index (χ2v) is 7.25. The van der Waals surface area contributed by atoms with Crippen molar-refractivity contribution in [2.45, 2.75) is 30.5 Å². The summed E-state index contributed by atoms with van der Waals surface area (Å²) in [6.07, 6.45) is 3.55. The van der Waals surface area contributed by atoms with Crippen molar-refractivity contribution in [3.05, 3.63) is 12.7 Å². The summed E-state index contributed by atoms with van der Waals surface area (Å²) in [5.74, 6) is 1.17. The summed E-state index contributed by atoms with van der Waals surface area (Å²) in [5, 5.41) is 22.7. The van der Waals surface area contributed by atoms with Crippen LogP contribution in [-0.2, 0) is 14.3 Å². The Morgan fingerprint density at radius 3 is 2.90 bits per heavy atom. The molecule has 2 aromatic rings. The number of nitrogens with two attached hydrogens (primary N) is 2. The minimum Gasteiger partial charge on any atom is -0.479 e. The molecule has 0 aliphatic carbocycles. The first kappa shape index (κ1) is 20.8. The van der Waals surface area contributed by atoms with Crippen LogP contribution in [0.15, 0.2) is 12.7 Å². The van der Waals surface area contributed by atoms with Crippen molar-refractivity contribution in [1.82, 2.24) is 24.8 Å². The molecule has 3 rings (SSSR count). The van der Waals surface area contributed by atoms with E-state index < -0.39 is 42.4 Å². The zero-order valence-corrected chi connectivity index (χ0v) is 15.8. The van der Waals surface area contributed by atoms with E-state index in [2.05, 4.69) is 26.2 Å². The summed E-state index contributed by atoms with van der Waals surface area (Å²) in [5.41, 5.74) is 12.1. The summed E-state index contributed by atoms with van der Waals surface area (Å²) in [6, 6.07) is -2.18. The number of rotatable bonds is 7. The van der Waals surface area contributed by atoms with Crippen molar-refractivity contribution < 1.29 is 24.5 Å². The molecule has 0 aromatic carbocycles. The molecule has 1 amide bonds. The molecule has 0 spiro atoms. The molecule has 2 aromatic heterocycles. The Hall–Kier alpha value is -2.92. The Bertz CT molecular complexity index is 961. The highest BCUT2D eigenvalue weighted by atomic mass is 32.2. The van der Waals surface area contributed by atoms with Gasteiger partial charge in [0.05, 0.1) is 24.2 Å². The first-order chi connectivity index (χ1) is 13.8. The van der Waals surface area contributed by atoms with Crippen molar-refractivity contribution in [2.24, 2.45) is 5.73 Å². The number of carbonyl (C=O) groups excluding carboxylic acids is 1. The lowest BCUT2D eigenvalue weighted by molar-refractivity contribution is -0.152. The van der Waals surface area contributed by atoms with Gasteiger partial charge in [-0.15, -0.1) is 18.2 Å². The van der Waals surface area contributed by atoms with Crippen LogP contribution >= 0.6 is 11.8 Å². The SMILES string of the molecule is C#CCSCC(N)C(=O)N[C@H]1[C@@H](O)[C@H](n2cnc3c(N)ncnc32)O[C@@H]1C(=O)O. The number of terminal acetylenes is 1. The standard InChI is InChI=1S/C16H19N7O5S/c1-2-3-29-4-7(17)14(25)22-8-10(24)15(28-11(8)16(26)27)23-6-21-9-12(18)19-5-20-13(9)23/h1,5-8,10-11,15,24H,3-4,17H2,(H,22,25)(H,26,27)(H2,18,19,20)/t7?,8-,10+,11-,15+/m0/s1. The van der Waals surface area contributed by atoms with Crippen LogP contribution in [0.2, 0.25) is 0 Å². The number of nitrogen functional groups attached to an aromatic ring is 1. The van der Waals surface area contributed by atoms with Crippen LogP contribution in [0.1, 0.15) is 6.23 Å². The number of aliphatic hydroxyl groups is 1. The molecule has 154 valence electrons. The van der Waals surface area contributed by atoms with E-state index in [9.17, 15) is 19.8 Å². The van der Waals surface area contributed by atoms with Crippen molar-refractivity contribution in [2.75, 3.05) is 17.2 Å². The van der Waals surface area contributed by atoms with Crippen LogP contribution in [0.25, 0.3) is 11.2 Å². The van der Waals surface area contributed by atoms with E-state index in [1.54, 1.807) is 0 Å². The van der Waals surface area contributed by atoms with Crippen molar-refractivity contribution in [1.29, 1.82) is 0 Å². The number of carboxylic acid groups (broad SMARTS) is 1. The molecular formula is C16H19N7O5S. The number of aliphatic hydroxyl groups excluding tert-OH is 1. The summed E-state index contributed by atoms with van der Waals surface area (Å²) in [4.78, 5) is 35.9. The van der Waals surface area contributed by atoms with Crippen LogP contribution in [0, 0.1) is 12.3 Å². The average Bonchev–Trinajstić information content (AvgIpc) is 3.24. The quantitative estimate of drug-likeness (QED) is 0.244. The Balaban J connectivity index is 1.81. The maximum atomic E-state index is 12.3. The van der Waals surface area contributed by atoms with Crippen molar-refractivity contribution in [3.8, 4) is 12.3 Å². The zero-order chi connectivity index (χ0) is 21.1. The maximum absolute atomic E-state index is 12.3. The molecule has 1 aliphatic heterocycles. The molecule has 5 atom stereocenters. The molecule has 0 radical (unpaired) electrons. The molecular weight excluding hydrogens is 402 g/mol. The number of imidazole rings is 1. The Labute approximate surface area is 169 Å². The van der Waals surface area contributed by atoms with Gasteiger partial charge in [-0.3, -0.25) is 9.36 Å². The van der Waals surface area contributed by atoms with Gasteiger partial charge in [-0.05, 0) is 0 Å². The van der Waals surface area contributed by atoms with Gasteiger partial charge in [-0.1, -0.05) is 5.92 Å². The summed E-state index contributed by atoms with van der Waals surface area (Å²) < 4.78 is 6.84. The number of amides is 1. The smallest absolute Gasteiger partial charge is 0.335 e. The van der Waals surface area contributed by atoms with Crippen LogP contribution < -0.4 is 16.8 Å². The Morgan fingerprint density at radius 1 is 1.45 bits per heavy atom. The topological polar surface area (TPSA) is 191 Å². The van der Waals surface area contributed by atoms with Gasteiger partial charge in [0, 0.05) is 5.75 Å². The van der Waals surface area contributed by atoms with Gasteiger partial charge in [0.25, 0.3) is 0 Å². The van der Waals surface area contributed by atoms with E-state index in [1.807, 2.05) is 0 Å². The van der Waals surface area contributed by atoms with Gasteiger partial charge < -0.3 is 31.7 Å². The van der Waals surface area contributed by atoms with E-state index in [4.69, 9.17) is 22.6 Å². The molecule has 1 aliphatic rings. The van der Waals surface area contributed by atoms with E-state index in [0.717, 1.165) is 0 Å². The second kappa shape index (κ2) is 8.62. The van der Waals surface area contributed by atoms with Crippen LogP contribution in [0.3, 0.4) is 0 Å². The lowest BCUT2D eigenvalue weighted by Gasteiger charge is -2.22. The van der Waals surface area contributed by atoms with Crippen molar-refractivity contribution >= 4 is 40.6 Å². The number of nitrogens with one attached hydrogen (secondary N) is 1. The molecule has 29 heavy (non-hydrogen) atoms. The third-order valence-corrected chi connectivity index (χ3v) is 5.27. The lowest BCUT2D eigenvalue weighted by Crippen LogP contribution is -2.54. The average molecular weight is 421 g/mol. The number of nitrogens with zero attached hydrogens (tertiary/aromatic N) is 4. The van der Waals surface area contributed by atoms with Crippen LogP contribution in [0.4, 0.5) is 5.82 Å². The first-order valence-corrected chi connectivity index (χ1v) is 9.57. The third kappa shape index (κ3) is 4.10. The predicted molar refractivity (Wildman–Crippen MR) is 103 cm³/mol. The predicted octanol–water partition coefficient (Wildman–Crippen LogP) is -2.07. The number of aromatic nitrogens is 4. The summed E-state index contributed by atoms with van der Waals surface area (Å²) in [6.45, 7) is 0. The van der Waals surface area contributed by atoms with Gasteiger partial charge in [-0.25, -0.2) is 19.7 Å². The largest absolute Gasteiger partial charge is 0.479 e.